The van der Waals surface area contributed by atoms with Crippen molar-refractivity contribution in [3.8, 4) is 0 Å². The first-order valence-corrected chi connectivity index (χ1v) is 15.2. The molecule has 0 radical (unpaired) electrons. The van der Waals surface area contributed by atoms with Crippen molar-refractivity contribution in [1.29, 1.82) is 0 Å². The number of nitrogens with zero attached hydrogens (tertiary/aromatic N) is 2. The van der Waals surface area contributed by atoms with E-state index in [0.29, 0.717) is 18.4 Å². The summed E-state index contributed by atoms with van der Waals surface area (Å²) < 4.78 is 41.9. The van der Waals surface area contributed by atoms with Gasteiger partial charge in [-0.2, -0.15) is 0 Å². The Hall–Kier alpha value is -3.56. The maximum Gasteiger partial charge on any atom is 0.259 e. The SMILES string of the molecule is C[C@@H]1C[C@@H](C)CN(CCCNC(=O)c2ccc3c(c2)N(Cc2ccccc2F)C(=O)c2ccccc2S3(=O)=O)C1. The minimum Gasteiger partial charge on any atom is -0.352 e. The lowest BCUT2D eigenvalue weighted by atomic mass is 9.92. The highest BCUT2D eigenvalue weighted by molar-refractivity contribution is 7.91. The molecule has 40 heavy (non-hydrogen) atoms. The van der Waals surface area contributed by atoms with E-state index < -0.39 is 21.6 Å². The molecule has 1 saturated heterocycles. The van der Waals surface area contributed by atoms with Gasteiger partial charge in [-0.3, -0.25) is 9.59 Å². The predicted octanol–water partition coefficient (Wildman–Crippen LogP) is 4.92. The molecule has 2 aliphatic rings. The summed E-state index contributed by atoms with van der Waals surface area (Å²) >= 11 is 0. The Balaban J connectivity index is 1.41. The minimum atomic E-state index is -4.08. The van der Waals surface area contributed by atoms with Crippen molar-refractivity contribution in [2.24, 2.45) is 11.8 Å². The monoisotopic (exact) mass is 563 g/mol. The Bertz CT molecular complexity index is 1530. The number of sulfone groups is 1. The highest BCUT2D eigenvalue weighted by Crippen LogP contribution is 2.38. The third kappa shape index (κ3) is 5.67. The lowest BCUT2D eigenvalue weighted by Gasteiger charge is -2.34. The Morgan fingerprint density at radius 1 is 0.975 bits per heavy atom. The molecule has 3 aromatic carbocycles. The molecule has 0 aliphatic carbocycles. The molecule has 3 aromatic rings. The summed E-state index contributed by atoms with van der Waals surface area (Å²) in [6.07, 6.45) is 2.03. The fourth-order valence-electron chi connectivity index (χ4n) is 5.88. The Morgan fingerprint density at radius 2 is 1.68 bits per heavy atom. The number of amides is 2. The smallest absolute Gasteiger partial charge is 0.259 e. The van der Waals surface area contributed by atoms with Crippen molar-refractivity contribution in [2.75, 3.05) is 31.1 Å². The van der Waals surface area contributed by atoms with Gasteiger partial charge in [0.05, 0.1) is 27.6 Å². The van der Waals surface area contributed by atoms with Crippen LogP contribution in [0.5, 0.6) is 0 Å². The Kier molecular flexibility index (Phi) is 8.05. The van der Waals surface area contributed by atoms with Crippen molar-refractivity contribution in [1.82, 2.24) is 10.2 Å². The number of halogens is 1. The molecule has 7 nitrogen and oxygen atoms in total. The van der Waals surface area contributed by atoms with Gasteiger partial charge in [-0.05, 0) is 67.6 Å². The van der Waals surface area contributed by atoms with E-state index in [1.165, 1.54) is 47.7 Å². The van der Waals surface area contributed by atoms with Crippen LogP contribution >= 0.6 is 0 Å². The van der Waals surface area contributed by atoms with Gasteiger partial charge in [-0.15, -0.1) is 0 Å². The van der Waals surface area contributed by atoms with Crippen molar-refractivity contribution >= 4 is 27.3 Å². The molecule has 0 spiro atoms. The number of nitrogens with one attached hydrogen (secondary N) is 1. The Morgan fingerprint density at radius 3 is 2.42 bits per heavy atom. The first-order chi connectivity index (χ1) is 19.1. The molecular formula is C31H34FN3O4S. The summed E-state index contributed by atoms with van der Waals surface area (Å²) in [7, 11) is -4.08. The van der Waals surface area contributed by atoms with Crippen LogP contribution in [0.1, 0.15) is 53.0 Å². The average Bonchev–Trinajstić information content (AvgIpc) is 2.99. The molecule has 1 fully saturated rings. The van der Waals surface area contributed by atoms with E-state index in [1.807, 2.05) is 0 Å². The van der Waals surface area contributed by atoms with Crippen LogP contribution in [0.2, 0.25) is 0 Å². The molecule has 2 atom stereocenters. The lowest BCUT2D eigenvalue weighted by molar-refractivity contribution is 0.0944. The van der Waals surface area contributed by atoms with Crippen LogP contribution in [-0.2, 0) is 16.4 Å². The van der Waals surface area contributed by atoms with E-state index >= 15 is 0 Å². The molecule has 5 rings (SSSR count). The van der Waals surface area contributed by atoms with Crippen LogP contribution in [0.4, 0.5) is 10.1 Å². The van der Waals surface area contributed by atoms with Gasteiger partial charge in [0.1, 0.15) is 5.82 Å². The normalized spacial score (nSPS) is 20.4. The first-order valence-electron chi connectivity index (χ1n) is 13.7. The van der Waals surface area contributed by atoms with Crippen LogP contribution in [0, 0.1) is 17.7 Å². The van der Waals surface area contributed by atoms with E-state index in [-0.39, 0.29) is 44.6 Å². The quantitative estimate of drug-likeness (QED) is 0.413. The van der Waals surface area contributed by atoms with E-state index in [1.54, 1.807) is 30.3 Å². The summed E-state index contributed by atoms with van der Waals surface area (Å²) in [5.74, 6) is -0.126. The minimum absolute atomic E-state index is 0.00221. The van der Waals surface area contributed by atoms with E-state index in [9.17, 15) is 22.4 Å². The number of hydrogen-bond donors (Lipinski definition) is 1. The van der Waals surface area contributed by atoms with Crippen LogP contribution in [-0.4, -0.2) is 51.3 Å². The number of fused-ring (bicyclic) bond motifs is 2. The zero-order valence-corrected chi connectivity index (χ0v) is 23.6. The number of anilines is 1. The second-order valence-corrected chi connectivity index (χ2v) is 12.9. The molecule has 1 N–H and O–H groups in total. The lowest BCUT2D eigenvalue weighted by Crippen LogP contribution is -2.40. The largest absolute Gasteiger partial charge is 0.352 e. The van der Waals surface area contributed by atoms with Crippen LogP contribution in [0.3, 0.4) is 0 Å². The summed E-state index contributed by atoms with van der Waals surface area (Å²) in [6, 6.07) is 16.3. The van der Waals surface area contributed by atoms with Gasteiger partial charge in [0.2, 0.25) is 9.84 Å². The molecule has 0 saturated carbocycles. The van der Waals surface area contributed by atoms with Gasteiger partial charge in [0, 0.05) is 30.8 Å². The van der Waals surface area contributed by atoms with Crippen LogP contribution < -0.4 is 10.2 Å². The molecule has 0 aromatic heterocycles. The van der Waals surface area contributed by atoms with Gasteiger partial charge in [0.25, 0.3) is 11.8 Å². The highest BCUT2D eigenvalue weighted by Gasteiger charge is 2.36. The average molecular weight is 564 g/mol. The molecule has 2 amide bonds. The topological polar surface area (TPSA) is 86.8 Å². The summed E-state index contributed by atoms with van der Waals surface area (Å²) in [4.78, 5) is 30.3. The van der Waals surface area contributed by atoms with Gasteiger partial charge in [-0.1, -0.05) is 44.2 Å². The number of rotatable bonds is 7. The molecule has 0 bridgehead atoms. The molecule has 2 heterocycles. The molecule has 210 valence electrons. The number of likely N-dealkylation sites (tertiary alicyclic amines) is 1. The zero-order valence-electron chi connectivity index (χ0n) is 22.8. The fraction of sp³-hybridized carbons (Fsp3) is 0.355. The number of benzene rings is 3. The summed E-state index contributed by atoms with van der Waals surface area (Å²) in [6.45, 7) is 7.82. The number of piperidine rings is 1. The van der Waals surface area contributed by atoms with Gasteiger partial charge in [0.15, 0.2) is 0 Å². The highest BCUT2D eigenvalue weighted by atomic mass is 32.2. The van der Waals surface area contributed by atoms with Gasteiger partial charge in [-0.25, -0.2) is 12.8 Å². The second kappa shape index (κ2) is 11.5. The zero-order chi connectivity index (χ0) is 28.4. The van der Waals surface area contributed by atoms with Gasteiger partial charge >= 0.3 is 0 Å². The maximum atomic E-state index is 14.6. The molecule has 2 aliphatic heterocycles. The maximum absolute atomic E-state index is 14.6. The number of carbonyl (C=O) groups is 2. The number of carbonyl (C=O) groups excluding carboxylic acids is 2. The van der Waals surface area contributed by atoms with Crippen molar-refractivity contribution in [3.05, 3.63) is 89.2 Å². The summed E-state index contributed by atoms with van der Waals surface area (Å²) in [5.41, 5.74) is 0.511. The predicted molar refractivity (Wildman–Crippen MR) is 152 cm³/mol. The first kappa shape index (κ1) is 28.0. The fourth-order valence-corrected chi connectivity index (χ4v) is 7.51. The van der Waals surface area contributed by atoms with Crippen molar-refractivity contribution < 1.29 is 22.4 Å². The third-order valence-corrected chi connectivity index (χ3v) is 9.48. The van der Waals surface area contributed by atoms with Gasteiger partial charge < -0.3 is 15.1 Å². The molecular weight excluding hydrogens is 529 g/mol. The van der Waals surface area contributed by atoms with E-state index in [0.717, 1.165) is 26.1 Å². The van der Waals surface area contributed by atoms with Crippen molar-refractivity contribution in [3.63, 3.8) is 0 Å². The van der Waals surface area contributed by atoms with Crippen LogP contribution in [0.15, 0.2) is 76.5 Å². The van der Waals surface area contributed by atoms with E-state index in [2.05, 4.69) is 24.1 Å². The molecule has 9 heteroatoms. The summed E-state index contributed by atoms with van der Waals surface area (Å²) in [5, 5.41) is 2.93. The standard InChI is InChI=1S/C31H34FN3O4S/c1-21-16-22(2)19-34(18-21)15-7-14-33-30(36)23-12-13-29-27(17-23)35(20-24-8-3-5-10-26(24)32)31(37)25-9-4-6-11-28(25)40(29,38)39/h3-6,8-13,17,21-22H,7,14-16,18-20H2,1-2H3,(H,33,36)/t21-,22-/m1/s1. The van der Waals surface area contributed by atoms with Crippen molar-refractivity contribution in [2.45, 2.75) is 43.0 Å². The van der Waals surface area contributed by atoms with E-state index in [4.69, 9.17) is 0 Å². The third-order valence-electron chi connectivity index (χ3n) is 7.62. The molecule has 0 unspecified atom stereocenters. The van der Waals surface area contributed by atoms with Crippen LogP contribution in [0.25, 0.3) is 0 Å². The number of hydrogen-bond acceptors (Lipinski definition) is 5. The second-order valence-electron chi connectivity index (χ2n) is 11.0. The Labute approximate surface area is 234 Å².